The van der Waals surface area contributed by atoms with Crippen LogP contribution in [0.5, 0.6) is 0 Å². The van der Waals surface area contributed by atoms with Gasteiger partial charge in [0.2, 0.25) is 5.91 Å². The number of unbranched alkanes of at least 4 members (excludes halogenated alkanes) is 1. The fraction of sp³-hybridized carbons (Fsp3) is 0.385. The molecule has 0 unspecified atom stereocenters. The normalized spacial score (nSPS) is 11.9. The van der Waals surface area contributed by atoms with Gasteiger partial charge in [-0.1, -0.05) is 25.8 Å². The van der Waals surface area contributed by atoms with E-state index < -0.39 is 35.1 Å². The number of nitrogens with two attached hydrogens (primary N) is 1. The zero-order valence-electron chi connectivity index (χ0n) is 10.6. The van der Waals surface area contributed by atoms with Gasteiger partial charge < -0.3 is 11.1 Å². The van der Waals surface area contributed by atoms with Gasteiger partial charge in [-0.05, 0) is 18.6 Å². The maximum atomic E-state index is 13.4. The first kappa shape index (κ1) is 15.1. The lowest BCUT2D eigenvalue weighted by molar-refractivity contribution is -0.120. The van der Waals surface area contributed by atoms with Gasteiger partial charge in [-0.2, -0.15) is 0 Å². The third-order valence-corrected chi connectivity index (χ3v) is 2.69. The highest BCUT2D eigenvalue weighted by molar-refractivity contribution is 5.97. The zero-order chi connectivity index (χ0) is 14.4. The van der Waals surface area contributed by atoms with Crippen LogP contribution < -0.4 is 11.1 Å². The van der Waals surface area contributed by atoms with Crippen molar-refractivity contribution in [2.24, 2.45) is 5.73 Å². The van der Waals surface area contributed by atoms with Gasteiger partial charge in [-0.25, -0.2) is 8.78 Å². The van der Waals surface area contributed by atoms with Gasteiger partial charge >= 0.3 is 0 Å². The molecule has 0 radical (unpaired) electrons. The van der Waals surface area contributed by atoms with E-state index in [-0.39, 0.29) is 0 Å². The van der Waals surface area contributed by atoms with Crippen LogP contribution in [0.15, 0.2) is 18.2 Å². The molecule has 2 amide bonds. The second-order valence-corrected chi connectivity index (χ2v) is 4.17. The first-order valence-electron chi connectivity index (χ1n) is 6.01. The van der Waals surface area contributed by atoms with E-state index in [2.05, 4.69) is 5.32 Å². The summed E-state index contributed by atoms with van der Waals surface area (Å²) >= 11 is 0. The lowest BCUT2D eigenvalue weighted by Crippen LogP contribution is -2.44. The van der Waals surface area contributed by atoms with Crippen LogP contribution in [0.4, 0.5) is 8.78 Å². The Morgan fingerprint density at radius 1 is 1.37 bits per heavy atom. The molecule has 0 fully saturated rings. The number of hydrogen-bond acceptors (Lipinski definition) is 2. The molecule has 4 nitrogen and oxygen atoms in total. The Kier molecular flexibility index (Phi) is 5.41. The van der Waals surface area contributed by atoms with E-state index in [0.29, 0.717) is 12.8 Å². The zero-order valence-corrected chi connectivity index (χ0v) is 10.6. The van der Waals surface area contributed by atoms with Gasteiger partial charge in [0.25, 0.3) is 5.91 Å². The van der Waals surface area contributed by atoms with Gasteiger partial charge in [-0.3, -0.25) is 9.59 Å². The largest absolute Gasteiger partial charge is 0.368 e. The molecule has 6 heteroatoms. The number of nitrogens with one attached hydrogen (secondary N) is 1. The van der Waals surface area contributed by atoms with Crippen LogP contribution in [-0.2, 0) is 4.79 Å². The van der Waals surface area contributed by atoms with Crippen molar-refractivity contribution in [3.05, 3.63) is 35.4 Å². The van der Waals surface area contributed by atoms with Crippen molar-refractivity contribution in [2.45, 2.75) is 32.2 Å². The molecule has 0 bridgehead atoms. The minimum atomic E-state index is -1.24. The molecule has 0 saturated carbocycles. The van der Waals surface area contributed by atoms with Crippen molar-refractivity contribution >= 4 is 11.8 Å². The monoisotopic (exact) mass is 270 g/mol. The second kappa shape index (κ2) is 6.82. The number of benzene rings is 1. The SMILES string of the molecule is CCCC[C@H](NC(=O)c1cccc(F)c1F)C(N)=O. The summed E-state index contributed by atoms with van der Waals surface area (Å²) in [5.74, 6) is -3.90. The van der Waals surface area contributed by atoms with E-state index in [1.165, 1.54) is 6.07 Å². The van der Waals surface area contributed by atoms with Crippen LogP contribution in [0.25, 0.3) is 0 Å². The van der Waals surface area contributed by atoms with Crippen LogP contribution in [0.2, 0.25) is 0 Å². The van der Waals surface area contributed by atoms with E-state index in [9.17, 15) is 18.4 Å². The number of carbonyl (C=O) groups excluding carboxylic acids is 2. The highest BCUT2D eigenvalue weighted by atomic mass is 19.2. The number of hydrogen-bond donors (Lipinski definition) is 2. The van der Waals surface area contributed by atoms with E-state index in [1.54, 1.807) is 0 Å². The summed E-state index contributed by atoms with van der Waals surface area (Å²) in [6.07, 6.45) is 1.89. The smallest absolute Gasteiger partial charge is 0.255 e. The number of amides is 2. The fourth-order valence-electron chi connectivity index (χ4n) is 1.61. The van der Waals surface area contributed by atoms with Gasteiger partial charge in [0.1, 0.15) is 6.04 Å². The summed E-state index contributed by atoms with van der Waals surface area (Å²) in [6.45, 7) is 1.92. The number of carbonyl (C=O) groups is 2. The fourth-order valence-corrected chi connectivity index (χ4v) is 1.61. The van der Waals surface area contributed by atoms with Crippen molar-refractivity contribution in [3.8, 4) is 0 Å². The summed E-state index contributed by atoms with van der Waals surface area (Å²) < 4.78 is 26.4. The Hall–Kier alpha value is -1.98. The molecular formula is C13H16F2N2O2. The molecule has 0 aliphatic heterocycles. The van der Waals surface area contributed by atoms with Gasteiger partial charge in [0.15, 0.2) is 11.6 Å². The molecule has 104 valence electrons. The molecule has 0 aliphatic rings. The third kappa shape index (κ3) is 4.01. The molecule has 1 aromatic carbocycles. The Morgan fingerprint density at radius 2 is 2.05 bits per heavy atom. The first-order valence-corrected chi connectivity index (χ1v) is 6.01. The molecule has 1 aromatic rings. The van der Waals surface area contributed by atoms with Crippen molar-refractivity contribution < 1.29 is 18.4 Å². The van der Waals surface area contributed by atoms with Gasteiger partial charge in [0.05, 0.1) is 5.56 Å². The minimum Gasteiger partial charge on any atom is -0.368 e. The maximum absolute atomic E-state index is 13.4. The van der Waals surface area contributed by atoms with Crippen molar-refractivity contribution in [2.75, 3.05) is 0 Å². The van der Waals surface area contributed by atoms with Gasteiger partial charge in [-0.15, -0.1) is 0 Å². The molecular weight excluding hydrogens is 254 g/mol. The molecule has 3 N–H and O–H groups in total. The van der Waals surface area contributed by atoms with E-state index >= 15 is 0 Å². The number of primary amides is 1. The minimum absolute atomic E-state index is 0.370. The molecule has 0 aliphatic carbocycles. The molecule has 1 rings (SSSR count). The molecule has 19 heavy (non-hydrogen) atoms. The summed E-state index contributed by atoms with van der Waals surface area (Å²) in [5, 5.41) is 2.32. The predicted octanol–water partition coefficient (Wildman–Crippen LogP) is 1.74. The molecule has 0 aromatic heterocycles. The Balaban J connectivity index is 2.82. The van der Waals surface area contributed by atoms with Crippen LogP contribution in [0.1, 0.15) is 36.5 Å². The highest BCUT2D eigenvalue weighted by Crippen LogP contribution is 2.12. The average Bonchev–Trinajstić information content (AvgIpc) is 2.37. The summed E-state index contributed by atoms with van der Waals surface area (Å²) in [4.78, 5) is 22.9. The molecule has 0 saturated heterocycles. The second-order valence-electron chi connectivity index (χ2n) is 4.17. The lowest BCUT2D eigenvalue weighted by Gasteiger charge is -2.15. The number of rotatable bonds is 6. The molecule has 0 spiro atoms. The van der Waals surface area contributed by atoms with Crippen molar-refractivity contribution in [3.63, 3.8) is 0 Å². The predicted molar refractivity (Wildman–Crippen MR) is 66.3 cm³/mol. The quantitative estimate of drug-likeness (QED) is 0.826. The number of halogens is 2. The summed E-state index contributed by atoms with van der Waals surface area (Å²) in [5.41, 5.74) is 4.71. The Labute approximate surface area is 110 Å². The van der Waals surface area contributed by atoms with Crippen LogP contribution in [0, 0.1) is 11.6 Å². The average molecular weight is 270 g/mol. The standard InChI is InChI=1S/C13H16F2N2O2/c1-2-3-7-10(12(16)18)17-13(19)8-5-4-6-9(14)11(8)15/h4-6,10H,2-3,7H2,1H3,(H2,16,18)(H,17,19)/t10-/m0/s1. The first-order chi connectivity index (χ1) is 8.97. The molecule has 0 heterocycles. The van der Waals surface area contributed by atoms with Crippen LogP contribution in [-0.4, -0.2) is 17.9 Å². The topological polar surface area (TPSA) is 72.2 Å². The highest BCUT2D eigenvalue weighted by Gasteiger charge is 2.21. The Bertz CT molecular complexity index is 478. The van der Waals surface area contributed by atoms with Crippen molar-refractivity contribution in [1.82, 2.24) is 5.32 Å². The van der Waals surface area contributed by atoms with Gasteiger partial charge in [0, 0.05) is 0 Å². The third-order valence-electron chi connectivity index (χ3n) is 2.69. The van der Waals surface area contributed by atoms with Crippen LogP contribution in [0.3, 0.4) is 0 Å². The Morgan fingerprint density at radius 3 is 2.63 bits per heavy atom. The lowest BCUT2D eigenvalue weighted by atomic mass is 10.1. The van der Waals surface area contributed by atoms with Crippen molar-refractivity contribution in [1.29, 1.82) is 0 Å². The molecule has 1 atom stereocenters. The van der Waals surface area contributed by atoms with E-state index in [0.717, 1.165) is 18.6 Å². The van der Waals surface area contributed by atoms with Crippen LogP contribution >= 0.6 is 0 Å². The maximum Gasteiger partial charge on any atom is 0.255 e. The summed E-state index contributed by atoms with van der Waals surface area (Å²) in [6, 6.07) is 2.40. The van der Waals surface area contributed by atoms with E-state index in [4.69, 9.17) is 5.73 Å². The summed E-state index contributed by atoms with van der Waals surface area (Å²) in [7, 11) is 0. The van der Waals surface area contributed by atoms with E-state index in [1.807, 2.05) is 6.92 Å².